The standard InChI is InChI=1S/C18H16N4O4/c23-16-13-6-1-2-7-14(13)21-15(22-16)17(24)19-9-11-4-3-5-12(8-11)10-20-18(25)26/h1-8,20H,9-10H2,(H,19,24)(H,25,26)(H,21,22,23). The number of aromatic amines is 1. The summed E-state index contributed by atoms with van der Waals surface area (Å²) in [6.07, 6.45) is -1.10. The van der Waals surface area contributed by atoms with Gasteiger partial charge in [-0.05, 0) is 23.3 Å². The predicted octanol–water partition coefficient (Wildman–Crippen LogP) is 1.62. The van der Waals surface area contributed by atoms with Crippen molar-refractivity contribution in [3.63, 3.8) is 0 Å². The molecule has 3 aromatic rings. The Labute approximate surface area is 147 Å². The molecule has 0 aliphatic carbocycles. The number of nitrogens with zero attached hydrogens (tertiary/aromatic N) is 1. The zero-order valence-electron chi connectivity index (χ0n) is 13.7. The van der Waals surface area contributed by atoms with E-state index in [-0.39, 0.29) is 24.5 Å². The number of rotatable bonds is 5. The van der Waals surface area contributed by atoms with Crippen LogP contribution in [0.3, 0.4) is 0 Å². The van der Waals surface area contributed by atoms with Gasteiger partial charge in [0, 0.05) is 13.1 Å². The Kier molecular flexibility index (Phi) is 4.93. The Balaban J connectivity index is 1.70. The Morgan fingerprint density at radius 1 is 1.00 bits per heavy atom. The fourth-order valence-electron chi connectivity index (χ4n) is 2.49. The van der Waals surface area contributed by atoms with Crippen LogP contribution in [0.4, 0.5) is 4.79 Å². The SMILES string of the molecule is O=C(O)NCc1cccc(CNC(=O)c2nc3ccccc3c(=O)[nH]2)c1. The van der Waals surface area contributed by atoms with E-state index in [2.05, 4.69) is 20.6 Å². The molecule has 132 valence electrons. The number of hydrogen-bond acceptors (Lipinski definition) is 4. The molecular weight excluding hydrogens is 336 g/mol. The van der Waals surface area contributed by atoms with Gasteiger partial charge in [0.1, 0.15) is 0 Å². The van der Waals surface area contributed by atoms with Crippen molar-refractivity contribution in [1.82, 2.24) is 20.6 Å². The first kappa shape index (κ1) is 17.2. The molecule has 3 rings (SSSR count). The Hall–Kier alpha value is -3.68. The smallest absolute Gasteiger partial charge is 0.404 e. The van der Waals surface area contributed by atoms with E-state index in [1.54, 1.807) is 48.5 Å². The van der Waals surface area contributed by atoms with Gasteiger partial charge in [-0.15, -0.1) is 0 Å². The molecule has 26 heavy (non-hydrogen) atoms. The first-order valence-corrected chi connectivity index (χ1v) is 7.85. The predicted molar refractivity (Wildman–Crippen MR) is 94.8 cm³/mol. The molecule has 0 atom stereocenters. The van der Waals surface area contributed by atoms with Crippen LogP contribution < -0.4 is 16.2 Å². The van der Waals surface area contributed by atoms with E-state index in [1.165, 1.54) is 0 Å². The number of carbonyl (C=O) groups excluding carboxylic acids is 1. The van der Waals surface area contributed by atoms with Crippen LogP contribution in [0.5, 0.6) is 0 Å². The van der Waals surface area contributed by atoms with Crippen molar-refractivity contribution in [2.24, 2.45) is 0 Å². The van der Waals surface area contributed by atoms with Crippen LogP contribution in [-0.2, 0) is 13.1 Å². The molecule has 0 aliphatic rings. The second-order valence-electron chi connectivity index (χ2n) is 5.59. The molecule has 0 radical (unpaired) electrons. The number of H-pyrrole nitrogens is 1. The molecule has 1 aromatic heterocycles. The lowest BCUT2D eigenvalue weighted by molar-refractivity contribution is 0.0940. The molecule has 2 aromatic carbocycles. The maximum Gasteiger partial charge on any atom is 0.404 e. The molecule has 0 saturated carbocycles. The third-order valence-electron chi connectivity index (χ3n) is 3.72. The number of carboxylic acid groups (broad SMARTS) is 1. The second kappa shape index (κ2) is 7.47. The fourth-order valence-corrected chi connectivity index (χ4v) is 2.49. The van der Waals surface area contributed by atoms with Crippen LogP contribution in [0, 0.1) is 0 Å². The molecule has 0 fully saturated rings. The normalized spacial score (nSPS) is 10.5. The number of amides is 2. The van der Waals surface area contributed by atoms with Crippen molar-refractivity contribution in [2.45, 2.75) is 13.1 Å². The number of fused-ring (bicyclic) bond motifs is 1. The van der Waals surface area contributed by atoms with Crippen molar-refractivity contribution < 1.29 is 14.7 Å². The maximum absolute atomic E-state index is 12.3. The van der Waals surface area contributed by atoms with Gasteiger partial charge in [0.15, 0.2) is 5.82 Å². The lowest BCUT2D eigenvalue weighted by Gasteiger charge is -2.08. The molecule has 2 amide bonds. The van der Waals surface area contributed by atoms with Gasteiger partial charge in [-0.3, -0.25) is 9.59 Å². The van der Waals surface area contributed by atoms with Crippen LogP contribution in [0.25, 0.3) is 10.9 Å². The van der Waals surface area contributed by atoms with E-state index in [4.69, 9.17) is 5.11 Å². The van der Waals surface area contributed by atoms with Gasteiger partial charge in [0.25, 0.3) is 11.5 Å². The minimum Gasteiger partial charge on any atom is -0.465 e. The highest BCUT2D eigenvalue weighted by Crippen LogP contribution is 2.07. The molecule has 4 N–H and O–H groups in total. The van der Waals surface area contributed by atoms with Gasteiger partial charge in [-0.2, -0.15) is 0 Å². The number of aromatic nitrogens is 2. The van der Waals surface area contributed by atoms with Crippen LogP contribution in [-0.4, -0.2) is 27.1 Å². The summed E-state index contributed by atoms with van der Waals surface area (Å²) in [6.45, 7) is 0.396. The number of carbonyl (C=O) groups is 2. The van der Waals surface area contributed by atoms with Gasteiger partial charge in [-0.1, -0.05) is 36.4 Å². The minimum atomic E-state index is -1.10. The Morgan fingerprint density at radius 3 is 2.42 bits per heavy atom. The third kappa shape index (κ3) is 4.04. The molecule has 0 aliphatic heterocycles. The molecule has 0 spiro atoms. The minimum absolute atomic E-state index is 0.0580. The Bertz CT molecular complexity index is 1030. The molecule has 0 bridgehead atoms. The highest BCUT2D eigenvalue weighted by molar-refractivity contribution is 5.92. The summed E-state index contributed by atoms with van der Waals surface area (Å²) < 4.78 is 0. The van der Waals surface area contributed by atoms with Gasteiger partial charge in [-0.25, -0.2) is 9.78 Å². The van der Waals surface area contributed by atoms with Crippen molar-refractivity contribution >= 4 is 22.9 Å². The third-order valence-corrected chi connectivity index (χ3v) is 3.72. The van der Waals surface area contributed by atoms with Crippen molar-refractivity contribution in [3.8, 4) is 0 Å². The maximum atomic E-state index is 12.3. The van der Waals surface area contributed by atoms with Crippen LogP contribution in [0.1, 0.15) is 21.7 Å². The quantitative estimate of drug-likeness (QED) is 0.555. The highest BCUT2D eigenvalue weighted by atomic mass is 16.4. The van der Waals surface area contributed by atoms with Gasteiger partial charge >= 0.3 is 6.09 Å². The summed E-state index contributed by atoms with van der Waals surface area (Å²) in [4.78, 5) is 41.5. The number of benzene rings is 2. The van der Waals surface area contributed by atoms with Gasteiger partial charge in [0.05, 0.1) is 10.9 Å². The molecule has 0 unspecified atom stereocenters. The van der Waals surface area contributed by atoms with Crippen LogP contribution in [0.15, 0.2) is 53.3 Å². The van der Waals surface area contributed by atoms with Crippen molar-refractivity contribution in [2.75, 3.05) is 0 Å². The summed E-state index contributed by atoms with van der Waals surface area (Å²) in [5, 5.41) is 14.0. The topological polar surface area (TPSA) is 124 Å². The monoisotopic (exact) mass is 352 g/mol. The summed E-state index contributed by atoms with van der Waals surface area (Å²) in [6, 6.07) is 13.9. The molecule has 1 heterocycles. The Morgan fingerprint density at radius 2 is 1.69 bits per heavy atom. The van der Waals surface area contributed by atoms with Crippen molar-refractivity contribution in [1.29, 1.82) is 0 Å². The van der Waals surface area contributed by atoms with E-state index in [0.29, 0.717) is 10.9 Å². The van der Waals surface area contributed by atoms with E-state index in [0.717, 1.165) is 11.1 Å². The lowest BCUT2D eigenvalue weighted by Crippen LogP contribution is -2.27. The average Bonchev–Trinajstić information content (AvgIpc) is 2.65. The van der Waals surface area contributed by atoms with E-state index < -0.39 is 12.0 Å². The number of hydrogen-bond donors (Lipinski definition) is 4. The second-order valence-corrected chi connectivity index (χ2v) is 5.59. The summed E-state index contributed by atoms with van der Waals surface area (Å²) in [5.41, 5.74) is 1.65. The molecule has 8 heteroatoms. The van der Waals surface area contributed by atoms with Gasteiger partial charge in [0.2, 0.25) is 0 Å². The number of nitrogens with one attached hydrogen (secondary N) is 3. The summed E-state index contributed by atoms with van der Waals surface area (Å²) in [5.74, 6) is -0.556. The van der Waals surface area contributed by atoms with Crippen molar-refractivity contribution in [3.05, 3.63) is 75.8 Å². The molecular formula is C18H16N4O4. The number of para-hydroxylation sites is 1. The van der Waals surface area contributed by atoms with E-state index in [1.807, 2.05) is 0 Å². The first-order chi connectivity index (χ1) is 12.5. The van der Waals surface area contributed by atoms with E-state index in [9.17, 15) is 14.4 Å². The lowest BCUT2D eigenvalue weighted by atomic mass is 10.1. The average molecular weight is 352 g/mol. The van der Waals surface area contributed by atoms with Gasteiger partial charge < -0.3 is 20.7 Å². The first-order valence-electron chi connectivity index (χ1n) is 7.85. The summed E-state index contributed by atoms with van der Waals surface area (Å²) in [7, 11) is 0. The highest BCUT2D eigenvalue weighted by Gasteiger charge is 2.11. The zero-order chi connectivity index (χ0) is 18.5. The summed E-state index contributed by atoms with van der Waals surface area (Å²) >= 11 is 0. The van der Waals surface area contributed by atoms with Crippen LogP contribution >= 0.6 is 0 Å². The van der Waals surface area contributed by atoms with Crippen LogP contribution in [0.2, 0.25) is 0 Å². The molecule has 8 nitrogen and oxygen atoms in total. The largest absolute Gasteiger partial charge is 0.465 e. The zero-order valence-corrected chi connectivity index (χ0v) is 13.7. The molecule has 0 saturated heterocycles. The fraction of sp³-hybridized carbons (Fsp3) is 0.111. The van der Waals surface area contributed by atoms with E-state index >= 15 is 0 Å².